The first-order valence-electron chi connectivity index (χ1n) is 9.50. The van der Waals surface area contributed by atoms with Crippen molar-refractivity contribution in [2.45, 2.75) is 39.2 Å². The molecule has 2 aromatic carbocycles. The molecule has 0 aliphatic carbocycles. The highest BCUT2D eigenvalue weighted by Crippen LogP contribution is 2.32. The first-order valence-corrected chi connectivity index (χ1v) is 9.50. The minimum Gasteiger partial charge on any atom is -0.416 e. The maximum atomic E-state index is 13.4. The van der Waals surface area contributed by atoms with Gasteiger partial charge in [-0.25, -0.2) is 4.79 Å². The number of piperidine rings is 1. The summed E-state index contributed by atoms with van der Waals surface area (Å²) in [5, 5.41) is 1.25. The van der Waals surface area contributed by atoms with Crippen molar-refractivity contribution in [1.82, 2.24) is 4.90 Å². The van der Waals surface area contributed by atoms with Gasteiger partial charge in [0.2, 0.25) is 5.76 Å². The summed E-state index contributed by atoms with van der Waals surface area (Å²) in [6.45, 7) is 4.78. The van der Waals surface area contributed by atoms with Crippen LogP contribution in [0.2, 0.25) is 0 Å². The molecule has 0 saturated carbocycles. The Morgan fingerprint density at radius 3 is 2.44 bits per heavy atom. The molecule has 1 aliphatic rings. The molecule has 2 heterocycles. The summed E-state index contributed by atoms with van der Waals surface area (Å²) in [6.07, 6.45) is 3.08. The van der Waals surface area contributed by atoms with Gasteiger partial charge in [-0.1, -0.05) is 48.0 Å². The van der Waals surface area contributed by atoms with Crippen LogP contribution in [0.25, 0.3) is 21.9 Å². The van der Waals surface area contributed by atoms with E-state index in [0.29, 0.717) is 17.5 Å². The summed E-state index contributed by atoms with van der Waals surface area (Å²) in [4.78, 5) is 27.8. The van der Waals surface area contributed by atoms with Crippen LogP contribution in [0.1, 0.15) is 42.3 Å². The second-order valence-corrected chi connectivity index (χ2v) is 7.35. The molecular weight excluding hydrogens is 338 g/mol. The van der Waals surface area contributed by atoms with Crippen LogP contribution in [0.3, 0.4) is 0 Å². The van der Waals surface area contributed by atoms with Gasteiger partial charge >= 0.3 is 5.63 Å². The Morgan fingerprint density at radius 1 is 1.04 bits per heavy atom. The molecule has 0 N–H and O–H groups in total. The van der Waals surface area contributed by atoms with E-state index < -0.39 is 5.63 Å². The van der Waals surface area contributed by atoms with Crippen LogP contribution in [0.15, 0.2) is 57.7 Å². The van der Waals surface area contributed by atoms with Gasteiger partial charge in [0.25, 0.3) is 5.91 Å². The number of hydrogen-bond acceptors (Lipinski definition) is 3. The summed E-state index contributed by atoms with van der Waals surface area (Å²) >= 11 is 0. The van der Waals surface area contributed by atoms with Gasteiger partial charge in [-0.05, 0) is 44.7 Å². The number of aryl methyl sites for hydroxylation is 1. The van der Waals surface area contributed by atoms with Crippen LogP contribution in [0.5, 0.6) is 0 Å². The van der Waals surface area contributed by atoms with E-state index in [9.17, 15) is 9.59 Å². The highest BCUT2D eigenvalue weighted by atomic mass is 16.4. The predicted octanol–water partition coefficient (Wildman–Crippen LogP) is 4.78. The highest BCUT2D eigenvalue weighted by Gasteiger charge is 2.29. The molecule has 138 valence electrons. The zero-order valence-corrected chi connectivity index (χ0v) is 15.7. The monoisotopic (exact) mass is 361 g/mol. The second-order valence-electron chi connectivity index (χ2n) is 7.35. The van der Waals surface area contributed by atoms with Crippen LogP contribution >= 0.6 is 0 Å². The van der Waals surface area contributed by atoms with Crippen molar-refractivity contribution < 1.29 is 9.21 Å². The summed E-state index contributed by atoms with van der Waals surface area (Å²) in [5.74, 6) is -0.0445. The van der Waals surface area contributed by atoms with Crippen LogP contribution in [0.4, 0.5) is 0 Å². The van der Waals surface area contributed by atoms with Gasteiger partial charge in [0.1, 0.15) is 0 Å². The van der Waals surface area contributed by atoms with Crippen LogP contribution in [-0.2, 0) is 0 Å². The van der Waals surface area contributed by atoms with Crippen molar-refractivity contribution in [3.63, 3.8) is 0 Å². The molecule has 1 fully saturated rings. The third kappa shape index (κ3) is 3.16. The Balaban J connectivity index is 1.96. The number of benzene rings is 2. The Labute approximate surface area is 158 Å². The molecule has 1 saturated heterocycles. The van der Waals surface area contributed by atoms with Crippen LogP contribution in [0, 0.1) is 6.92 Å². The number of carbonyl (C=O) groups is 1. The zero-order chi connectivity index (χ0) is 19.0. The Hall–Kier alpha value is -2.88. The van der Waals surface area contributed by atoms with Gasteiger partial charge in [-0.15, -0.1) is 0 Å². The minimum absolute atomic E-state index is 0.147. The maximum Gasteiger partial charge on any atom is 0.344 e. The Kier molecular flexibility index (Phi) is 4.56. The smallest absolute Gasteiger partial charge is 0.344 e. The second kappa shape index (κ2) is 7.03. The fourth-order valence-electron chi connectivity index (χ4n) is 3.89. The van der Waals surface area contributed by atoms with Gasteiger partial charge in [0.05, 0.1) is 5.39 Å². The van der Waals surface area contributed by atoms with Crippen molar-refractivity contribution in [2.24, 2.45) is 0 Å². The van der Waals surface area contributed by atoms with Crippen molar-refractivity contribution in [1.29, 1.82) is 0 Å². The van der Waals surface area contributed by atoms with E-state index in [-0.39, 0.29) is 17.7 Å². The zero-order valence-electron chi connectivity index (χ0n) is 15.7. The van der Waals surface area contributed by atoms with Crippen LogP contribution < -0.4 is 5.63 Å². The summed E-state index contributed by atoms with van der Waals surface area (Å²) in [6, 6.07) is 15.5. The third-order valence-corrected chi connectivity index (χ3v) is 5.44. The van der Waals surface area contributed by atoms with E-state index in [1.807, 2.05) is 54.3 Å². The molecule has 0 bridgehead atoms. The Morgan fingerprint density at radius 2 is 1.74 bits per heavy atom. The molecule has 4 rings (SSSR count). The average molecular weight is 361 g/mol. The van der Waals surface area contributed by atoms with E-state index in [0.717, 1.165) is 35.8 Å². The molecule has 1 amide bonds. The lowest BCUT2D eigenvalue weighted by Gasteiger charge is -2.33. The maximum absolute atomic E-state index is 13.4. The molecule has 1 aliphatic heterocycles. The fourth-order valence-corrected chi connectivity index (χ4v) is 3.89. The normalized spacial score (nSPS) is 17.3. The number of amides is 1. The number of likely N-dealkylation sites (tertiary alicyclic amines) is 1. The van der Waals surface area contributed by atoms with Gasteiger partial charge in [-0.3, -0.25) is 4.79 Å². The first kappa shape index (κ1) is 17.5. The topological polar surface area (TPSA) is 50.5 Å². The van der Waals surface area contributed by atoms with Gasteiger partial charge < -0.3 is 9.32 Å². The summed E-state index contributed by atoms with van der Waals surface area (Å²) in [5.41, 5.74) is 2.26. The molecule has 1 aromatic heterocycles. The van der Waals surface area contributed by atoms with Crippen molar-refractivity contribution in [2.75, 3.05) is 6.54 Å². The number of fused-ring (bicyclic) bond motifs is 1. The standard InChI is InChI=1S/C23H23NO3/c1-15-10-12-17(13-11-15)20-18-8-3-4-9-19(18)23(26)27-21(20)22(25)24-14-6-5-7-16(24)2/h3-4,8-13,16H,5-7,14H2,1-2H3/t16-/m1/s1. The largest absolute Gasteiger partial charge is 0.416 e. The summed E-state index contributed by atoms with van der Waals surface area (Å²) < 4.78 is 5.62. The quantitative estimate of drug-likeness (QED) is 0.660. The molecule has 27 heavy (non-hydrogen) atoms. The SMILES string of the molecule is Cc1ccc(-c2c(C(=O)N3CCCC[C@H]3C)oc(=O)c3ccccc23)cc1. The molecule has 4 heteroatoms. The van der Waals surface area contributed by atoms with E-state index in [2.05, 4.69) is 6.92 Å². The molecular formula is C23H23NO3. The molecule has 4 nitrogen and oxygen atoms in total. The third-order valence-electron chi connectivity index (χ3n) is 5.44. The number of nitrogens with zero attached hydrogens (tertiary/aromatic N) is 1. The first-order chi connectivity index (χ1) is 13.1. The molecule has 0 radical (unpaired) electrons. The number of hydrogen-bond donors (Lipinski definition) is 0. The van der Waals surface area contributed by atoms with E-state index in [1.165, 1.54) is 0 Å². The minimum atomic E-state index is -0.463. The Bertz CT molecular complexity index is 1050. The molecule has 3 aromatic rings. The average Bonchev–Trinajstić information content (AvgIpc) is 2.69. The van der Waals surface area contributed by atoms with Gasteiger partial charge in [0, 0.05) is 23.5 Å². The van der Waals surface area contributed by atoms with Gasteiger partial charge in [0.15, 0.2) is 0 Å². The fraction of sp³-hybridized carbons (Fsp3) is 0.304. The lowest BCUT2D eigenvalue weighted by molar-refractivity contribution is 0.0600. The van der Waals surface area contributed by atoms with E-state index >= 15 is 0 Å². The molecule has 0 unspecified atom stereocenters. The molecule has 0 spiro atoms. The van der Waals surface area contributed by atoms with Crippen molar-refractivity contribution >= 4 is 16.7 Å². The van der Waals surface area contributed by atoms with Crippen LogP contribution in [-0.4, -0.2) is 23.4 Å². The lowest BCUT2D eigenvalue weighted by atomic mass is 9.96. The van der Waals surface area contributed by atoms with Crippen molar-refractivity contribution in [3.05, 3.63) is 70.3 Å². The van der Waals surface area contributed by atoms with Crippen molar-refractivity contribution in [3.8, 4) is 11.1 Å². The highest BCUT2D eigenvalue weighted by molar-refractivity contribution is 6.07. The van der Waals surface area contributed by atoms with E-state index in [4.69, 9.17) is 4.42 Å². The number of carbonyl (C=O) groups excluding carboxylic acids is 1. The van der Waals surface area contributed by atoms with E-state index in [1.54, 1.807) is 6.07 Å². The van der Waals surface area contributed by atoms with Gasteiger partial charge in [-0.2, -0.15) is 0 Å². The number of rotatable bonds is 2. The molecule has 1 atom stereocenters. The summed E-state index contributed by atoms with van der Waals surface area (Å²) in [7, 11) is 0. The predicted molar refractivity (Wildman–Crippen MR) is 107 cm³/mol. The lowest BCUT2D eigenvalue weighted by Crippen LogP contribution is -2.42.